The van der Waals surface area contributed by atoms with E-state index in [1.807, 2.05) is 37.3 Å². The van der Waals surface area contributed by atoms with Crippen molar-refractivity contribution in [3.63, 3.8) is 0 Å². The molecular weight excluding hydrogens is 328 g/mol. The third-order valence-corrected chi connectivity index (χ3v) is 4.32. The van der Waals surface area contributed by atoms with Crippen LogP contribution in [0.2, 0.25) is 0 Å². The zero-order chi connectivity index (χ0) is 15.4. The molecule has 0 spiro atoms. The number of hydrogen-bond donors (Lipinski definition) is 2. The highest BCUT2D eigenvalue weighted by Crippen LogP contribution is 2.23. The first-order chi connectivity index (χ1) is 9.99. The van der Waals surface area contributed by atoms with Gasteiger partial charge in [0.2, 0.25) is 5.91 Å². The van der Waals surface area contributed by atoms with E-state index in [9.17, 15) is 4.79 Å². The minimum absolute atomic E-state index is 0.232. The molecule has 0 heterocycles. The van der Waals surface area contributed by atoms with Crippen molar-refractivity contribution >= 4 is 21.8 Å². The summed E-state index contributed by atoms with van der Waals surface area (Å²) in [5.74, 6) is -0.390. The Kier molecular flexibility index (Phi) is 5.15. The summed E-state index contributed by atoms with van der Waals surface area (Å²) >= 11 is 3.57. The van der Waals surface area contributed by atoms with E-state index in [4.69, 9.17) is 5.73 Å². The fourth-order valence-corrected chi connectivity index (χ4v) is 2.87. The Labute approximate surface area is 133 Å². The average molecular weight is 347 g/mol. The topological polar surface area (TPSA) is 55.1 Å². The summed E-state index contributed by atoms with van der Waals surface area (Å²) in [6.45, 7) is 4.87. The minimum atomic E-state index is -0.390. The van der Waals surface area contributed by atoms with E-state index in [0.717, 1.165) is 16.6 Å². The number of nitrogens with one attached hydrogen (secondary N) is 1. The number of aryl methyl sites for hydroxylation is 1. The predicted molar refractivity (Wildman–Crippen MR) is 89.1 cm³/mol. The van der Waals surface area contributed by atoms with Gasteiger partial charge < -0.3 is 11.1 Å². The zero-order valence-corrected chi connectivity index (χ0v) is 13.8. The lowest BCUT2D eigenvalue weighted by Crippen LogP contribution is -2.19. The SMILES string of the molecule is Cc1cc(C(N)=O)ccc1CN[C@@H](C)c1ccccc1Br. The summed E-state index contributed by atoms with van der Waals surface area (Å²) in [7, 11) is 0. The third-order valence-electron chi connectivity index (χ3n) is 3.60. The number of amides is 1. The number of primary amides is 1. The van der Waals surface area contributed by atoms with E-state index < -0.39 is 0 Å². The quantitative estimate of drug-likeness (QED) is 0.866. The molecule has 2 aromatic rings. The second-order valence-electron chi connectivity index (χ2n) is 5.13. The number of halogens is 1. The molecule has 0 aromatic heterocycles. The Morgan fingerprint density at radius 3 is 2.62 bits per heavy atom. The highest BCUT2D eigenvalue weighted by atomic mass is 79.9. The average Bonchev–Trinajstić information content (AvgIpc) is 2.46. The second-order valence-corrected chi connectivity index (χ2v) is 5.98. The molecule has 2 aromatic carbocycles. The molecule has 0 unspecified atom stereocenters. The number of nitrogens with two attached hydrogens (primary N) is 1. The van der Waals surface area contributed by atoms with Crippen LogP contribution in [0, 0.1) is 6.92 Å². The fraction of sp³-hybridized carbons (Fsp3) is 0.235. The van der Waals surface area contributed by atoms with E-state index in [1.165, 1.54) is 11.1 Å². The van der Waals surface area contributed by atoms with Gasteiger partial charge in [-0.15, -0.1) is 0 Å². The lowest BCUT2D eigenvalue weighted by atomic mass is 10.0. The van der Waals surface area contributed by atoms with Crippen LogP contribution in [-0.2, 0) is 6.54 Å². The van der Waals surface area contributed by atoms with E-state index in [-0.39, 0.29) is 11.9 Å². The van der Waals surface area contributed by atoms with Gasteiger partial charge in [0.15, 0.2) is 0 Å². The molecule has 1 amide bonds. The Balaban J connectivity index is 2.06. The van der Waals surface area contributed by atoms with Crippen LogP contribution in [0.1, 0.15) is 40.0 Å². The zero-order valence-electron chi connectivity index (χ0n) is 12.2. The van der Waals surface area contributed by atoms with E-state index >= 15 is 0 Å². The normalized spacial score (nSPS) is 12.1. The monoisotopic (exact) mass is 346 g/mol. The molecule has 0 saturated carbocycles. The number of hydrogen-bond acceptors (Lipinski definition) is 2. The minimum Gasteiger partial charge on any atom is -0.366 e. The summed E-state index contributed by atoms with van der Waals surface area (Å²) in [6.07, 6.45) is 0. The molecule has 0 radical (unpaired) electrons. The second kappa shape index (κ2) is 6.87. The van der Waals surface area contributed by atoms with Gasteiger partial charge in [-0.25, -0.2) is 0 Å². The van der Waals surface area contributed by atoms with Crippen LogP contribution < -0.4 is 11.1 Å². The molecule has 0 fully saturated rings. The standard InChI is InChI=1S/C17H19BrN2O/c1-11-9-13(17(19)21)7-8-14(11)10-20-12(2)15-5-3-4-6-16(15)18/h3-9,12,20H,10H2,1-2H3,(H2,19,21)/t12-/m0/s1. The number of carbonyl (C=O) groups excluding carboxylic acids is 1. The summed E-state index contributed by atoms with van der Waals surface area (Å²) < 4.78 is 1.10. The van der Waals surface area contributed by atoms with E-state index in [2.05, 4.69) is 34.2 Å². The highest BCUT2D eigenvalue weighted by Gasteiger charge is 2.09. The molecule has 21 heavy (non-hydrogen) atoms. The molecule has 1 atom stereocenters. The van der Waals surface area contributed by atoms with Crippen molar-refractivity contribution in [3.8, 4) is 0 Å². The van der Waals surface area contributed by atoms with Crippen molar-refractivity contribution in [3.05, 3.63) is 69.2 Å². The molecule has 3 N–H and O–H groups in total. The van der Waals surface area contributed by atoms with Crippen molar-refractivity contribution in [2.24, 2.45) is 5.73 Å². The van der Waals surface area contributed by atoms with Gasteiger partial charge in [-0.3, -0.25) is 4.79 Å². The molecule has 0 aliphatic rings. The van der Waals surface area contributed by atoms with Crippen LogP contribution in [0.15, 0.2) is 46.9 Å². The van der Waals surface area contributed by atoms with Crippen LogP contribution in [0.4, 0.5) is 0 Å². The van der Waals surface area contributed by atoms with Gasteiger partial charge in [-0.2, -0.15) is 0 Å². The maximum atomic E-state index is 11.2. The molecule has 0 aliphatic carbocycles. The number of carbonyl (C=O) groups is 1. The molecule has 2 rings (SSSR count). The van der Waals surface area contributed by atoms with Crippen molar-refractivity contribution < 1.29 is 4.79 Å². The maximum Gasteiger partial charge on any atom is 0.248 e. The van der Waals surface area contributed by atoms with Gasteiger partial charge in [0.05, 0.1) is 0 Å². The Morgan fingerprint density at radius 1 is 1.29 bits per heavy atom. The van der Waals surface area contributed by atoms with Crippen molar-refractivity contribution in [2.45, 2.75) is 26.4 Å². The lowest BCUT2D eigenvalue weighted by molar-refractivity contribution is 0.1000. The number of benzene rings is 2. The summed E-state index contributed by atoms with van der Waals surface area (Å²) in [6, 6.07) is 14.0. The molecule has 3 nitrogen and oxygen atoms in total. The maximum absolute atomic E-state index is 11.2. The van der Waals surface area contributed by atoms with Crippen LogP contribution in [0.3, 0.4) is 0 Å². The van der Waals surface area contributed by atoms with E-state index in [0.29, 0.717) is 5.56 Å². The van der Waals surface area contributed by atoms with Gasteiger partial charge in [0.1, 0.15) is 0 Å². The molecule has 0 saturated heterocycles. The molecule has 0 bridgehead atoms. The third kappa shape index (κ3) is 3.93. The van der Waals surface area contributed by atoms with Crippen molar-refractivity contribution in [1.29, 1.82) is 0 Å². The first-order valence-corrected chi connectivity index (χ1v) is 7.65. The van der Waals surface area contributed by atoms with Gasteiger partial charge in [0.25, 0.3) is 0 Å². The number of rotatable bonds is 5. The Bertz CT molecular complexity index is 655. The summed E-state index contributed by atoms with van der Waals surface area (Å²) in [5, 5.41) is 3.50. The van der Waals surface area contributed by atoms with Crippen LogP contribution in [0.25, 0.3) is 0 Å². The van der Waals surface area contributed by atoms with Gasteiger partial charge >= 0.3 is 0 Å². The lowest BCUT2D eigenvalue weighted by Gasteiger charge is -2.17. The van der Waals surface area contributed by atoms with Crippen molar-refractivity contribution in [2.75, 3.05) is 0 Å². The Hall–Kier alpha value is -1.65. The van der Waals surface area contributed by atoms with Crippen molar-refractivity contribution in [1.82, 2.24) is 5.32 Å². The highest BCUT2D eigenvalue weighted by molar-refractivity contribution is 9.10. The van der Waals surface area contributed by atoms with Gasteiger partial charge in [-0.1, -0.05) is 40.2 Å². The first-order valence-electron chi connectivity index (χ1n) is 6.86. The first kappa shape index (κ1) is 15.7. The van der Waals surface area contributed by atoms with Crippen LogP contribution >= 0.6 is 15.9 Å². The molecule has 110 valence electrons. The summed E-state index contributed by atoms with van der Waals surface area (Å²) in [5.41, 5.74) is 9.30. The Morgan fingerprint density at radius 2 is 2.00 bits per heavy atom. The fourth-order valence-electron chi connectivity index (χ4n) is 2.25. The smallest absolute Gasteiger partial charge is 0.248 e. The largest absolute Gasteiger partial charge is 0.366 e. The molecule has 4 heteroatoms. The van der Waals surface area contributed by atoms with Crippen LogP contribution in [0.5, 0.6) is 0 Å². The predicted octanol–water partition coefficient (Wildman–Crippen LogP) is 3.71. The van der Waals surface area contributed by atoms with E-state index in [1.54, 1.807) is 6.07 Å². The van der Waals surface area contributed by atoms with Crippen LogP contribution in [-0.4, -0.2) is 5.91 Å². The molecule has 0 aliphatic heterocycles. The summed E-state index contributed by atoms with van der Waals surface area (Å²) in [4.78, 5) is 11.2. The van der Waals surface area contributed by atoms with Gasteiger partial charge in [0, 0.05) is 22.6 Å². The molecular formula is C17H19BrN2O. The van der Waals surface area contributed by atoms with Gasteiger partial charge in [-0.05, 0) is 48.7 Å².